The van der Waals surface area contributed by atoms with E-state index in [2.05, 4.69) is 281 Å². The summed E-state index contributed by atoms with van der Waals surface area (Å²) in [6, 6.07) is 76.2. The summed E-state index contributed by atoms with van der Waals surface area (Å²) in [6.45, 7) is 9.09. The van der Waals surface area contributed by atoms with Crippen LogP contribution >= 0.6 is 22.7 Å². The van der Waals surface area contributed by atoms with Crippen LogP contribution in [0.4, 0.5) is 0 Å². The maximum Gasteiger partial charge on any atom is 0.0449 e. The molecule has 0 saturated carbocycles. The number of fused-ring (bicyclic) bond motifs is 4. The minimum atomic E-state index is 1.02. The molecule has 0 unspecified atom stereocenters. The first kappa shape index (κ1) is 65.0. The van der Waals surface area contributed by atoms with Crippen LogP contribution in [0.2, 0.25) is 0 Å². The van der Waals surface area contributed by atoms with Gasteiger partial charge in [-0.05, 0) is 213 Å². The fourth-order valence-electron chi connectivity index (χ4n) is 13.0. The predicted octanol–water partition coefficient (Wildman–Crippen LogP) is 25.5. The molecule has 2 heteroatoms. The third kappa shape index (κ3) is 16.3. The van der Waals surface area contributed by atoms with E-state index in [0.29, 0.717) is 0 Å². The minimum Gasteiger partial charge on any atom is -0.134 e. The Balaban J connectivity index is 0.891. The highest BCUT2D eigenvalue weighted by atomic mass is 32.1. The van der Waals surface area contributed by atoms with Gasteiger partial charge in [-0.25, -0.2) is 0 Å². The third-order valence-corrected chi connectivity index (χ3v) is 21.0. The van der Waals surface area contributed by atoms with Gasteiger partial charge in [0.05, 0.1) is 0 Å². The molecule has 10 aromatic carbocycles. The van der Waals surface area contributed by atoms with Gasteiger partial charge < -0.3 is 0 Å². The highest BCUT2D eigenvalue weighted by Gasteiger charge is 2.18. The highest BCUT2D eigenvalue weighted by Crippen LogP contribution is 2.44. The molecule has 12 aromatic rings. The van der Waals surface area contributed by atoms with Crippen molar-refractivity contribution < 1.29 is 0 Å². The Hall–Kier alpha value is -9.12. The summed E-state index contributed by atoms with van der Waals surface area (Å²) in [6.07, 6.45) is 24.6. The maximum atomic E-state index is 3.75. The molecule has 12 rings (SSSR count). The summed E-state index contributed by atoms with van der Waals surface area (Å²) in [5.41, 5.74) is 16.1. The molecule has 0 aliphatic heterocycles. The van der Waals surface area contributed by atoms with Crippen LogP contribution in [0.1, 0.15) is 197 Å². The average molecular weight is 1260 g/mol. The van der Waals surface area contributed by atoms with Crippen molar-refractivity contribution in [3.63, 3.8) is 0 Å². The van der Waals surface area contributed by atoms with E-state index >= 15 is 0 Å². The molecular formula is C92H86S2. The monoisotopic (exact) mass is 1250 g/mol. The Bertz CT molecular complexity index is 4510. The molecule has 0 nitrogen and oxygen atoms in total. The van der Waals surface area contributed by atoms with Crippen molar-refractivity contribution in [1.29, 1.82) is 0 Å². The van der Waals surface area contributed by atoms with Crippen LogP contribution in [0.15, 0.2) is 206 Å². The van der Waals surface area contributed by atoms with Gasteiger partial charge in [0.2, 0.25) is 0 Å². The molecule has 0 aliphatic rings. The predicted molar refractivity (Wildman–Crippen MR) is 410 cm³/mol. The zero-order valence-electron chi connectivity index (χ0n) is 55.6. The minimum absolute atomic E-state index is 1.02. The normalized spacial score (nSPS) is 11.1. The topological polar surface area (TPSA) is 0 Å². The van der Waals surface area contributed by atoms with Crippen molar-refractivity contribution in [2.75, 3.05) is 0 Å². The SMILES string of the molecule is CCCCCCc1ccc(C#Cc2c3ccccc3c(C#Cc3ccc(CCCCCC)cc3)c3cc(-c4ccc(-c5ccc(-c6ccc7c(C#Cc8ccc(CCCCCC)cc8)c8ccccc8c(C#Cc8ccc(CCCCCC)cc8)c7c6)s5)s4)ccc23)cc1. The van der Waals surface area contributed by atoms with Crippen LogP contribution in [0.5, 0.6) is 0 Å². The molecule has 2 heterocycles. The first-order valence-electron chi connectivity index (χ1n) is 35.0. The molecule has 0 spiro atoms. The van der Waals surface area contributed by atoms with Gasteiger partial charge in [-0.3, -0.25) is 0 Å². The van der Waals surface area contributed by atoms with Gasteiger partial charge >= 0.3 is 0 Å². The first-order valence-corrected chi connectivity index (χ1v) is 36.7. The van der Waals surface area contributed by atoms with E-state index in [1.165, 1.54) is 156 Å². The van der Waals surface area contributed by atoms with E-state index in [0.717, 1.165) is 113 Å². The number of unbranched alkanes of at least 4 members (excludes halogenated alkanes) is 12. The van der Waals surface area contributed by atoms with Gasteiger partial charge in [0.1, 0.15) is 0 Å². The summed E-state index contributed by atoms with van der Waals surface area (Å²) in [4.78, 5) is 4.91. The summed E-state index contributed by atoms with van der Waals surface area (Å²) < 4.78 is 0. The molecule has 94 heavy (non-hydrogen) atoms. The molecule has 0 saturated heterocycles. The van der Waals surface area contributed by atoms with Crippen molar-refractivity contribution in [2.24, 2.45) is 0 Å². The van der Waals surface area contributed by atoms with E-state index < -0.39 is 0 Å². The summed E-state index contributed by atoms with van der Waals surface area (Å²) in [7, 11) is 0. The third-order valence-electron chi connectivity index (χ3n) is 18.5. The smallest absolute Gasteiger partial charge is 0.0449 e. The number of hydrogen-bond acceptors (Lipinski definition) is 2. The lowest BCUT2D eigenvalue weighted by atomic mass is 9.90. The molecule has 0 fully saturated rings. The fourth-order valence-corrected chi connectivity index (χ4v) is 15.1. The Morgan fingerprint density at radius 1 is 0.223 bits per heavy atom. The van der Waals surface area contributed by atoms with Crippen LogP contribution < -0.4 is 0 Å². The zero-order chi connectivity index (χ0) is 64.3. The Labute approximate surface area is 569 Å². The van der Waals surface area contributed by atoms with Gasteiger partial charge in [-0.2, -0.15) is 0 Å². The second kappa shape index (κ2) is 32.6. The largest absolute Gasteiger partial charge is 0.134 e. The van der Waals surface area contributed by atoms with Crippen LogP contribution in [-0.2, 0) is 25.7 Å². The van der Waals surface area contributed by atoms with Gasteiger partial charge in [0, 0.05) is 64.0 Å². The fraction of sp³-hybridized carbons (Fsp3) is 0.261. The quantitative estimate of drug-likeness (QED) is 0.0340. The standard InChI is InChI=1S/C92H86S2/c1-5-9-13-17-25-67-33-41-71(42-34-67)49-55-81-77-29-21-23-31-79(77)83(57-51-73-45-37-69(38-46-73)27-19-15-11-7-3)87-65-75(53-59-85(81)87)89-61-63-91(93-89)92-64-62-90(94-92)76-54-60-86-82(56-50-72-43-35-68(36-44-72)26-18-14-10-6-2)78-30-22-24-32-80(78)84(88(86)66-76)58-52-74-47-39-70(40-48-74)28-20-16-12-8-4/h21-24,29-48,53-54,59-66H,5-20,25-28H2,1-4H3. The Kier molecular flexibility index (Phi) is 22.6. The lowest BCUT2D eigenvalue weighted by Gasteiger charge is -2.12. The van der Waals surface area contributed by atoms with Crippen LogP contribution in [0.3, 0.4) is 0 Å². The lowest BCUT2D eigenvalue weighted by molar-refractivity contribution is 0.667. The number of aryl methyl sites for hydroxylation is 4. The summed E-state index contributed by atoms with van der Waals surface area (Å²) in [5.74, 6) is 29.4. The first-order chi connectivity index (χ1) is 46.4. The molecule has 0 atom stereocenters. The van der Waals surface area contributed by atoms with Crippen LogP contribution in [0, 0.1) is 47.4 Å². The van der Waals surface area contributed by atoms with Crippen molar-refractivity contribution in [2.45, 2.75) is 156 Å². The van der Waals surface area contributed by atoms with E-state index in [1.807, 2.05) is 22.7 Å². The molecular weight excluding hydrogens is 1170 g/mol. The molecule has 0 aliphatic carbocycles. The number of rotatable bonds is 23. The number of hydrogen-bond donors (Lipinski definition) is 0. The van der Waals surface area contributed by atoms with Gasteiger partial charge in [-0.15, -0.1) is 22.7 Å². The molecule has 0 bridgehead atoms. The zero-order valence-corrected chi connectivity index (χ0v) is 57.2. The van der Waals surface area contributed by atoms with Crippen molar-refractivity contribution in [3.8, 4) is 78.0 Å². The second-order valence-electron chi connectivity index (χ2n) is 25.5. The van der Waals surface area contributed by atoms with Crippen molar-refractivity contribution in [3.05, 3.63) is 273 Å². The van der Waals surface area contributed by atoms with Gasteiger partial charge in [-0.1, -0.05) is 273 Å². The van der Waals surface area contributed by atoms with Crippen molar-refractivity contribution >= 4 is 65.8 Å². The van der Waals surface area contributed by atoms with Crippen LogP contribution in [-0.4, -0.2) is 0 Å². The van der Waals surface area contributed by atoms with Crippen LogP contribution in [0.25, 0.3) is 73.7 Å². The highest BCUT2D eigenvalue weighted by molar-refractivity contribution is 7.25. The molecule has 0 radical (unpaired) electrons. The summed E-state index contributed by atoms with van der Waals surface area (Å²) >= 11 is 3.69. The Morgan fingerprint density at radius 3 is 0.755 bits per heavy atom. The van der Waals surface area contributed by atoms with Gasteiger partial charge in [0.25, 0.3) is 0 Å². The lowest BCUT2D eigenvalue weighted by Crippen LogP contribution is -1.92. The Morgan fingerprint density at radius 2 is 0.479 bits per heavy atom. The van der Waals surface area contributed by atoms with E-state index in [-0.39, 0.29) is 0 Å². The van der Waals surface area contributed by atoms with Gasteiger partial charge in [0.15, 0.2) is 0 Å². The summed E-state index contributed by atoms with van der Waals surface area (Å²) in [5, 5.41) is 8.95. The number of thiophene rings is 2. The molecule has 0 N–H and O–H groups in total. The van der Waals surface area contributed by atoms with E-state index in [4.69, 9.17) is 0 Å². The maximum absolute atomic E-state index is 3.75. The van der Waals surface area contributed by atoms with Crippen molar-refractivity contribution in [1.82, 2.24) is 0 Å². The molecule has 0 amide bonds. The average Bonchev–Trinajstić information content (AvgIpc) is 0.861. The van der Waals surface area contributed by atoms with E-state index in [1.54, 1.807) is 0 Å². The number of benzene rings is 10. The van der Waals surface area contributed by atoms with E-state index in [9.17, 15) is 0 Å². The second-order valence-corrected chi connectivity index (χ2v) is 27.6. The molecule has 2 aromatic heterocycles. The molecule has 466 valence electrons.